The van der Waals surface area contributed by atoms with Gasteiger partial charge in [-0.1, -0.05) is 67.7 Å². The molecule has 0 aliphatic carbocycles. The van der Waals surface area contributed by atoms with Crippen molar-refractivity contribution < 1.29 is 68.4 Å². The summed E-state index contributed by atoms with van der Waals surface area (Å²) < 4.78 is 0. The molecule has 348 valence electrons. The molecule has 7 atom stereocenters. The number of nitrogens with zero attached hydrogens (tertiary/aromatic N) is 1. The fourth-order valence-electron chi connectivity index (χ4n) is 6.21. The molecule has 0 bridgehead atoms. The van der Waals surface area contributed by atoms with Gasteiger partial charge in [-0.2, -0.15) is 0 Å². The van der Waals surface area contributed by atoms with Gasteiger partial charge in [0, 0.05) is 13.0 Å². The summed E-state index contributed by atoms with van der Waals surface area (Å²) in [5, 5.41) is 50.1. The molecule has 22 nitrogen and oxygen atoms in total. The second kappa shape index (κ2) is 28.2. The van der Waals surface area contributed by atoms with Gasteiger partial charge in [0.05, 0.1) is 18.9 Å². The van der Waals surface area contributed by atoms with E-state index in [9.17, 15) is 68.4 Å². The lowest BCUT2D eigenvalue weighted by Crippen LogP contribution is -2.62. The van der Waals surface area contributed by atoms with Crippen molar-refractivity contribution in [3.05, 3.63) is 0 Å². The molecule has 0 aromatic rings. The van der Waals surface area contributed by atoms with E-state index in [1.165, 1.54) is 27.7 Å². The molecular weight excluding hydrogens is 804 g/mol. The van der Waals surface area contributed by atoms with Crippen molar-refractivity contribution in [3.8, 4) is 0 Å². The first-order valence-electron chi connectivity index (χ1n) is 20.6. The number of hydrogen-bond acceptors (Lipinski definition) is 12. The highest BCUT2D eigenvalue weighted by Crippen LogP contribution is 2.18. The molecule has 0 rings (SSSR count). The predicted octanol–water partition coefficient (Wildman–Crippen LogP) is -0.879. The summed E-state index contributed by atoms with van der Waals surface area (Å²) in [4.78, 5) is 130. The first-order valence-corrected chi connectivity index (χ1v) is 20.6. The van der Waals surface area contributed by atoms with E-state index >= 15 is 0 Å². The Labute approximate surface area is 356 Å². The van der Waals surface area contributed by atoms with Gasteiger partial charge in [-0.05, 0) is 50.0 Å². The van der Waals surface area contributed by atoms with Crippen LogP contribution in [0.15, 0.2) is 0 Å². The summed E-state index contributed by atoms with van der Waals surface area (Å²) in [6.07, 6.45) is -0.260. The Morgan fingerprint density at radius 3 is 1.52 bits per heavy atom. The van der Waals surface area contributed by atoms with Gasteiger partial charge in [0.25, 0.3) is 0 Å². The molecule has 13 N–H and O–H groups in total. The third-order valence-electron chi connectivity index (χ3n) is 9.59. The molecule has 0 aromatic heterocycles. The molecule has 0 aliphatic rings. The molecule has 7 unspecified atom stereocenters. The van der Waals surface area contributed by atoms with Crippen molar-refractivity contribution in [2.75, 3.05) is 13.1 Å². The van der Waals surface area contributed by atoms with Gasteiger partial charge < -0.3 is 63.4 Å². The summed E-state index contributed by atoms with van der Waals surface area (Å²) in [6.45, 7) is 11.4. The van der Waals surface area contributed by atoms with Crippen molar-refractivity contribution in [2.45, 2.75) is 155 Å². The molecule has 0 aliphatic heterocycles. The lowest BCUT2D eigenvalue weighted by atomic mass is 9.97. The van der Waals surface area contributed by atoms with E-state index in [-0.39, 0.29) is 13.0 Å². The van der Waals surface area contributed by atoms with E-state index < -0.39 is 145 Å². The molecule has 22 heteroatoms. The molecule has 0 fully saturated rings. The fourth-order valence-corrected chi connectivity index (χ4v) is 6.21. The molecule has 0 saturated heterocycles. The van der Waals surface area contributed by atoms with Crippen molar-refractivity contribution in [1.29, 1.82) is 0 Å². The van der Waals surface area contributed by atoms with E-state index in [0.717, 1.165) is 4.90 Å². The molecule has 0 heterocycles. The van der Waals surface area contributed by atoms with Crippen LogP contribution in [0.25, 0.3) is 0 Å². The summed E-state index contributed by atoms with van der Waals surface area (Å²) in [5.74, 6) is -13.8. The number of hydrogen-bond donors (Lipinski definition) is 11. The number of rotatable bonds is 31. The normalized spacial score (nSPS) is 14.7. The Bertz CT molecular complexity index is 1520. The van der Waals surface area contributed by atoms with Gasteiger partial charge in [0.15, 0.2) is 0 Å². The van der Waals surface area contributed by atoms with Crippen LogP contribution in [-0.4, -0.2) is 140 Å². The van der Waals surface area contributed by atoms with Crippen LogP contribution in [0.5, 0.6) is 0 Å². The van der Waals surface area contributed by atoms with Crippen LogP contribution >= 0.6 is 0 Å². The third kappa shape index (κ3) is 20.6. The first kappa shape index (κ1) is 55.6. The SMILES string of the molecule is CCCCCN(C(=O)C(CC(=O)O)NC(=O)C(NC(=O)C(N)CCCCN)C(C)C)C(C(=O)NC(CC(=O)O)C(=O)NC(CCC(=O)O)C(=O)NC(C(=O)O)C(C)C)C(C)C. The highest BCUT2D eigenvalue weighted by molar-refractivity contribution is 5.99. The summed E-state index contributed by atoms with van der Waals surface area (Å²) in [7, 11) is 0. The molecule has 0 saturated carbocycles. The van der Waals surface area contributed by atoms with Gasteiger partial charge in [-0.3, -0.25) is 43.2 Å². The number of unbranched alkanes of at least 4 members (excludes halogenated alkanes) is 3. The minimum absolute atomic E-state index is 0.148. The highest BCUT2D eigenvalue weighted by Gasteiger charge is 2.40. The maximum Gasteiger partial charge on any atom is 0.326 e. The Kier molecular flexibility index (Phi) is 25.7. The van der Waals surface area contributed by atoms with Crippen LogP contribution in [-0.2, 0) is 47.9 Å². The first-order chi connectivity index (χ1) is 28.4. The molecule has 0 aromatic carbocycles. The monoisotopic (exact) mass is 872 g/mol. The van der Waals surface area contributed by atoms with Gasteiger partial charge in [0.2, 0.25) is 35.4 Å². The second-order valence-corrected chi connectivity index (χ2v) is 15.9. The van der Waals surface area contributed by atoms with Crippen molar-refractivity contribution >= 4 is 59.3 Å². The second-order valence-electron chi connectivity index (χ2n) is 15.9. The zero-order valence-corrected chi connectivity index (χ0v) is 36.2. The van der Waals surface area contributed by atoms with E-state index in [0.29, 0.717) is 38.6 Å². The average Bonchev–Trinajstić information content (AvgIpc) is 3.14. The maximum absolute atomic E-state index is 14.4. The van der Waals surface area contributed by atoms with E-state index in [4.69, 9.17) is 11.5 Å². The van der Waals surface area contributed by atoms with E-state index in [2.05, 4.69) is 26.6 Å². The van der Waals surface area contributed by atoms with Crippen LogP contribution in [0.2, 0.25) is 0 Å². The average molecular weight is 873 g/mol. The van der Waals surface area contributed by atoms with Crippen molar-refractivity contribution in [1.82, 2.24) is 31.5 Å². The standard InChI is InChI=1S/C39H68N8O14/c1-8-9-12-17-47(38(59)26(19-29(52)53)44-36(57)30(20(2)3)45-33(54)23(41)13-10-11-16-40)32(22(6)7)37(58)43-25(18-28(50)51)35(56)42-24(14-15-27(48)49)34(55)46-31(21(4)5)39(60)61/h20-26,30-32H,8-19,40-41H2,1-7H3,(H,42,56)(H,43,58)(H,44,57)(H,45,54)(H,46,55)(H,48,49)(H,50,51)(H,52,53)(H,60,61). The Morgan fingerprint density at radius 1 is 0.541 bits per heavy atom. The summed E-state index contributed by atoms with van der Waals surface area (Å²) in [6, 6.07) is -10.6. The van der Waals surface area contributed by atoms with Gasteiger partial charge >= 0.3 is 23.9 Å². The molecule has 0 radical (unpaired) electrons. The van der Waals surface area contributed by atoms with Crippen molar-refractivity contribution in [3.63, 3.8) is 0 Å². The minimum atomic E-state index is -1.93. The number of carbonyl (C=O) groups excluding carboxylic acids is 6. The van der Waals surface area contributed by atoms with Crippen LogP contribution in [0.4, 0.5) is 0 Å². The van der Waals surface area contributed by atoms with Gasteiger partial charge in [0.1, 0.15) is 36.3 Å². The number of nitrogens with one attached hydrogen (secondary N) is 5. The zero-order valence-electron chi connectivity index (χ0n) is 36.2. The lowest BCUT2D eigenvalue weighted by Gasteiger charge is -2.37. The number of carbonyl (C=O) groups is 10. The van der Waals surface area contributed by atoms with Crippen LogP contribution < -0.4 is 38.1 Å². The topological polar surface area (TPSA) is 367 Å². The highest BCUT2D eigenvalue weighted by atomic mass is 16.4. The van der Waals surface area contributed by atoms with Crippen LogP contribution in [0, 0.1) is 17.8 Å². The smallest absolute Gasteiger partial charge is 0.326 e. The Morgan fingerprint density at radius 2 is 1.05 bits per heavy atom. The quantitative estimate of drug-likeness (QED) is 0.0377. The third-order valence-corrected chi connectivity index (χ3v) is 9.59. The van der Waals surface area contributed by atoms with Crippen molar-refractivity contribution in [2.24, 2.45) is 29.2 Å². The maximum atomic E-state index is 14.4. The lowest BCUT2D eigenvalue weighted by molar-refractivity contribution is -0.149. The minimum Gasteiger partial charge on any atom is -0.481 e. The largest absolute Gasteiger partial charge is 0.481 e. The Balaban J connectivity index is 6.85. The van der Waals surface area contributed by atoms with Crippen LogP contribution in [0.3, 0.4) is 0 Å². The number of carboxylic acid groups (broad SMARTS) is 4. The van der Waals surface area contributed by atoms with E-state index in [1.54, 1.807) is 13.8 Å². The van der Waals surface area contributed by atoms with E-state index in [1.807, 2.05) is 6.92 Å². The number of nitrogens with two attached hydrogens (primary N) is 2. The predicted molar refractivity (Wildman–Crippen MR) is 219 cm³/mol. The summed E-state index contributed by atoms with van der Waals surface area (Å²) in [5.41, 5.74) is 11.5. The fraction of sp³-hybridized carbons (Fsp3) is 0.744. The number of aliphatic carboxylic acids is 4. The number of amides is 6. The molecular formula is C39H68N8O14. The van der Waals surface area contributed by atoms with Gasteiger partial charge in [-0.25, -0.2) is 4.79 Å². The van der Waals surface area contributed by atoms with Gasteiger partial charge in [-0.15, -0.1) is 0 Å². The molecule has 6 amide bonds. The number of carboxylic acids is 4. The molecule has 61 heavy (non-hydrogen) atoms. The summed E-state index contributed by atoms with van der Waals surface area (Å²) >= 11 is 0. The van der Waals surface area contributed by atoms with Crippen LogP contribution in [0.1, 0.15) is 113 Å². The zero-order chi connectivity index (χ0) is 47.1. The Hall–Kier alpha value is -5.38. The molecule has 0 spiro atoms.